The minimum Gasteiger partial charge on any atom is -0.456 e. The molecular weight excluding hydrogens is 552 g/mol. The Bertz CT molecular complexity index is 2750. The molecule has 0 saturated carbocycles. The summed E-state index contributed by atoms with van der Waals surface area (Å²) in [6.07, 6.45) is 0. The van der Waals surface area contributed by atoms with Gasteiger partial charge in [0.25, 0.3) is 0 Å². The van der Waals surface area contributed by atoms with Gasteiger partial charge in [0, 0.05) is 27.4 Å². The third kappa shape index (κ3) is 3.63. The summed E-state index contributed by atoms with van der Waals surface area (Å²) in [5.41, 5.74) is 9.86. The number of hydrogen-bond donors (Lipinski definition) is 0. The average Bonchev–Trinajstić information content (AvgIpc) is 3.79. The lowest BCUT2D eigenvalue weighted by Gasteiger charge is -2.09. The molecule has 0 aliphatic heterocycles. The van der Waals surface area contributed by atoms with Gasteiger partial charge in [-0.15, -0.1) is 0 Å². The molecule has 0 amide bonds. The largest absolute Gasteiger partial charge is 0.456 e. The molecular formula is C41H24N2O2. The Balaban J connectivity index is 1.11. The van der Waals surface area contributed by atoms with E-state index >= 15 is 0 Å². The van der Waals surface area contributed by atoms with Gasteiger partial charge >= 0.3 is 0 Å². The van der Waals surface area contributed by atoms with Crippen molar-refractivity contribution in [3.05, 3.63) is 146 Å². The van der Waals surface area contributed by atoms with Gasteiger partial charge in [0.05, 0.1) is 16.4 Å². The minimum atomic E-state index is 0.589. The van der Waals surface area contributed by atoms with Crippen LogP contribution in [0.2, 0.25) is 0 Å². The number of furan rings is 1. The van der Waals surface area contributed by atoms with Crippen molar-refractivity contribution in [2.45, 2.75) is 0 Å². The quantitative estimate of drug-likeness (QED) is 0.210. The zero-order valence-corrected chi connectivity index (χ0v) is 24.1. The molecule has 0 radical (unpaired) electrons. The summed E-state index contributed by atoms with van der Waals surface area (Å²) >= 11 is 0. The van der Waals surface area contributed by atoms with E-state index in [1.165, 1.54) is 32.6 Å². The summed E-state index contributed by atoms with van der Waals surface area (Å²) in [5, 5.41) is 6.94. The molecule has 0 unspecified atom stereocenters. The Labute approximate surface area is 257 Å². The molecule has 0 saturated heterocycles. The summed E-state index contributed by atoms with van der Waals surface area (Å²) in [6, 6.07) is 50.9. The highest BCUT2D eigenvalue weighted by Crippen LogP contribution is 2.39. The molecule has 0 N–H and O–H groups in total. The maximum absolute atomic E-state index is 6.52. The summed E-state index contributed by atoms with van der Waals surface area (Å²) in [5.74, 6) is 0.589. The van der Waals surface area contributed by atoms with Crippen molar-refractivity contribution in [3.8, 4) is 28.3 Å². The number of para-hydroxylation sites is 1. The summed E-state index contributed by atoms with van der Waals surface area (Å²) in [6.45, 7) is 0. The molecule has 45 heavy (non-hydrogen) atoms. The van der Waals surface area contributed by atoms with Crippen LogP contribution in [0.25, 0.3) is 93.9 Å². The van der Waals surface area contributed by atoms with Crippen LogP contribution < -0.4 is 0 Å². The normalized spacial score (nSPS) is 12.0. The third-order valence-corrected chi connectivity index (χ3v) is 9.01. The van der Waals surface area contributed by atoms with Crippen molar-refractivity contribution in [3.63, 3.8) is 0 Å². The molecule has 0 aliphatic carbocycles. The van der Waals surface area contributed by atoms with E-state index in [9.17, 15) is 0 Å². The van der Waals surface area contributed by atoms with Gasteiger partial charge in [0.2, 0.25) is 5.89 Å². The predicted molar refractivity (Wildman–Crippen MR) is 184 cm³/mol. The van der Waals surface area contributed by atoms with Gasteiger partial charge in [-0.25, -0.2) is 4.98 Å². The maximum Gasteiger partial charge on any atom is 0.227 e. The fourth-order valence-electron chi connectivity index (χ4n) is 6.87. The van der Waals surface area contributed by atoms with Crippen LogP contribution >= 0.6 is 0 Å². The molecule has 0 spiro atoms. The van der Waals surface area contributed by atoms with Gasteiger partial charge in [-0.05, 0) is 88.6 Å². The molecule has 0 aliphatic rings. The van der Waals surface area contributed by atoms with E-state index < -0.39 is 0 Å². The predicted octanol–water partition coefficient (Wildman–Crippen LogP) is 11.3. The lowest BCUT2D eigenvalue weighted by atomic mass is 10.0. The lowest BCUT2D eigenvalue weighted by Crippen LogP contribution is -1.93. The first-order chi connectivity index (χ1) is 22.3. The summed E-state index contributed by atoms with van der Waals surface area (Å²) in [4.78, 5) is 4.91. The Morgan fingerprint density at radius 1 is 0.467 bits per heavy atom. The van der Waals surface area contributed by atoms with Gasteiger partial charge < -0.3 is 13.4 Å². The lowest BCUT2D eigenvalue weighted by molar-refractivity contribution is 0.622. The minimum absolute atomic E-state index is 0.589. The monoisotopic (exact) mass is 576 g/mol. The van der Waals surface area contributed by atoms with Crippen molar-refractivity contribution in [2.24, 2.45) is 0 Å². The number of rotatable bonds is 3. The molecule has 210 valence electrons. The first-order valence-electron chi connectivity index (χ1n) is 15.1. The first-order valence-corrected chi connectivity index (χ1v) is 15.1. The Morgan fingerprint density at radius 2 is 1.20 bits per heavy atom. The smallest absolute Gasteiger partial charge is 0.227 e. The van der Waals surface area contributed by atoms with Gasteiger partial charge in [-0.2, -0.15) is 0 Å². The molecule has 4 nitrogen and oxygen atoms in total. The third-order valence-electron chi connectivity index (χ3n) is 9.01. The highest BCUT2D eigenvalue weighted by Gasteiger charge is 2.18. The van der Waals surface area contributed by atoms with Crippen molar-refractivity contribution in [1.29, 1.82) is 0 Å². The van der Waals surface area contributed by atoms with Crippen molar-refractivity contribution in [1.82, 2.24) is 9.55 Å². The number of oxazole rings is 1. The van der Waals surface area contributed by atoms with Crippen molar-refractivity contribution < 1.29 is 8.83 Å². The number of benzene rings is 7. The Hall–Kier alpha value is -6.13. The van der Waals surface area contributed by atoms with E-state index in [2.05, 4.69) is 126 Å². The van der Waals surface area contributed by atoms with E-state index in [0.717, 1.165) is 55.4 Å². The van der Waals surface area contributed by atoms with Crippen LogP contribution in [0.1, 0.15) is 0 Å². The standard InChI is InChI=1S/C41H24N2O2/c1-2-8-25(9-3-1)29-16-20-37-33(23-29)39-38(44-37)21-19-34-40(39)45-41(42-34)26-14-17-30(18-15-26)43-35-13-7-6-12-31(35)32-22-27-10-4-5-11-28(27)24-36(32)43/h1-24H. The highest BCUT2D eigenvalue weighted by molar-refractivity contribution is 6.17. The Morgan fingerprint density at radius 3 is 2.07 bits per heavy atom. The van der Waals surface area contributed by atoms with E-state index in [4.69, 9.17) is 13.8 Å². The first kappa shape index (κ1) is 24.3. The zero-order chi connectivity index (χ0) is 29.5. The molecule has 0 atom stereocenters. The van der Waals surface area contributed by atoms with Gasteiger partial charge in [0.15, 0.2) is 5.58 Å². The number of aromatic nitrogens is 2. The van der Waals surface area contributed by atoms with E-state index in [1.54, 1.807) is 0 Å². The second-order valence-electron chi connectivity index (χ2n) is 11.6. The van der Waals surface area contributed by atoms with Gasteiger partial charge in [0.1, 0.15) is 16.7 Å². The summed E-state index contributed by atoms with van der Waals surface area (Å²) in [7, 11) is 0. The van der Waals surface area contributed by atoms with Gasteiger partial charge in [-0.3, -0.25) is 0 Å². The van der Waals surface area contributed by atoms with E-state index in [0.29, 0.717) is 5.89 Å². The molecule has 10 rings (SSSR count). The summed E-state index contributed by atoms with van der Waals surface area (Å²) < 4.78 is 15.1. The molecule has 10 aromatic rings. The number of hydrogen-bond acceptors (Lipinski definition) is 3. The van der Waals surface area contributed by atoms with Crippen molar-refractivity contribution in [2.75, 3.05) is 0 Å². The second kappa shape index (κ2) is 9.18. The van der Waals surface area contributed by atoms with Crippen LogP contribution in [0.4, 0.5) is 0 Å². The van der Waals surface area contributed by atoms with Crippen LogP contribution in [-0.4, -0.2) is 9.55 Å². The molecule has 0 fully saturated rings. The fourth-order valence-corrected chi connectivity index (χ4v) is 6.87. The van der Waals surface area contributed by atoms with Crippen LogP contribution in [0.15, 0.2) is 154 Å². The van der Waals surface area contributed by atoms with E-state index in [1.807, 2.05) is 24.3 Å². The molecule has 7 aromatic carbocycles. The van der Waals surface area contributed by atoms with E-state index in [-0.39, 0.29) is 0 Å². The SMILES string of the molecule is c1ccc(-c2ccc3oc4ccc5nc(-c6ccc(-n7c8ccccc8c8cc9ccccc9cc87)cc6)oc5c4c3c2)cc1. The molecule has 3 heterocycles. The number of fused-ring (bicyclic) bond motifs is 9. The van der Waals surface area contributed by atoms with Crippen LogP contribution in [-0.2, 0) is 0 Å². The molecule has 4 heteroatoms. The fraction of sp³-hybridized carbons (Fsp3) is 0. The Kier molecular flexibility index (Phi) is 4.96. The highest BCUT2D eigenvalue weighted by atomic mass is 16.4. The van der Waals surface area contributed by atoms with Gasteiger partial charge in [-0.1, -0.05) is 78.9 Å². The van der Waals surface area contributed by atoms with Crippen LogP contribution in [0.5, 0.6) is 0 Å². The maximum atomic E-state index is 6.52. The second-order valence-corrected chi connectivity index (χ2v) is 11.6. The molecule has 3 aromatic heterocycles. The number of nitrogens with zero attached hydrogens (tertiary/aromatic N) is 2. The zero-order valence-electron chi connectivity index (χ0n) is 24.1. The topological polar surface area (TPSA) is 44.1 Å². The van der Waals surface area contributed by atoms with Crippen molar-refractivity contribution >= 4 is 65.6 Å². The van der Waals surface area contributed by atoms with Crippen LogP contribution in [0, 0.1) is 0 Å². The van der Waals surface area contributed by atoms with Crippen LogP contribution in [0.3, 0.4) is 0 Å². The average molecular weight is 577 g/mol. The molecule has 0 bridgehead atoms.